The second-order valence-corrected chi connectivity index (χ2v) is 35.3. The molecular weight excluding hydrogens is 1680 g/mol. The van der Waals surface area contributed by atoms with Crippen molar-refractivity contribution < 1.29 is 62.1 Å². The number of nitrogens with zero attached hydrogens (tertiary/aromatic N) is 9. The van der Waals surface area contributed by atoms with Gasteiger partial charge in [0.1, 0.15) is 32.1 Å². The first kappa shape index (κ1) is 89.6. The van der Waals surface area contributed by atoms with Gasteiger partial charge >= 0.3 is 17.9 Å². The molecule has 6 heterocycles. The molecule has 0 spiro atoms. The van der Waals surface area contributed by atoms with Gasteiger partial charge in [0.05, 0.1) is 89.1 Å². The number of fused-ring (bicyclic) bond motifs is 3. The third-order valence-corrected chi connectivity index (χ3v) is 22.8. The minimum absolute atomic E-state index is 0.150. The number of carboxylic acids is 1. The summed E-state index contributed by atoms with van der Waals surface area (Å²) >= 11 is 29.1. The lowest BCUT2D eigenvalue weighted by Gasteiger charge is -2.29. The van der Waals surface area contributed by atoms with E-state index in [1.165, 1.54) is 34.0 Å². The fourth-order valence-electron chi connectivity index (χ4n) is 13.5. The molecule has 0 aliphatic rings. The van der Waals surface area contributed by atoms with E-state index < -0.39 is 53.0 Å². The summed E-state index contributed by atoms with van der Waals surface area (Å²) in [6.45, 7) is 26.9. The SMILES string of the molecule is CCOC(=O)[C@@H](OC(C)(C)C)c1c(C)cc2nc(-c3ccnc(-c4ccc(OC)c(OC)c4)n3)sc2c1-c1ccc(Cl)cc1.CCOC(=O)[C@@H](OC(C)(C)C)c1c(C)cc2nc(-c3ccnc(Cl)n3)sc2c1-c1ccc(Cl)cc1.COc1ccc(-c2nccc(-c3nc4cc(C)c([C@H](OC(C)(C)C)C(=O)O)c(-c5ccc(Cl)cc5)c4s3)n2)cc1OC. The quantitative estimate of drug-likeness (QED) is 0.0460. The summed E-state index contributed by atoms with van der Waals surface area (Å²) in [5.74, 6) is 1.48. The van der Waals surface area contributed by atoms with Gasteiger partial charge in [-0.15, -0.1) is 34.0 Å². The van der Waals surface area contributed by atoms with Crippen LogP contribution in [0.15, 0.2) is 164 Å². The topological polar surface area (TPSA) is 271 Å². The number of halogens is 4. The molecule has 22 nitrogen and oxygen atoms in total. The normalized spacial score (nSPS) is 12.4. The molecule has 121 heavy (non-hydrogen) atoms. The third kappa shape index (κ3) is 21.1. The average molecular weight is 1770 g/mol. The molecular formula is C92H89Cl4N9O13S3. The van der Waals surface area contributed by atoms with E-state index in [-0.39, 0.29) is 18.5 Å². The Labute approximate surface area is 733 Å². The van der Waals surface area contributed by atoms with Crippen LogP contribution >= 0.6 is 80.4 Å². The zero-order valence-electron chi connectivity index (χ0n) is 69.8. The molecule has 626 valence electrons. The van der Waals surface area contributed by atoms with Crippen molar-refractivity contribution in [3.8, 4) is 111 Å². The second-order valence-electron chi connectivity index (χ2n) is 30.6. The van der Waals surface area contributed by atoms with Gasteiger partial charge in [-0.2, -0.15) is 0 Å². The molecule has 6 aromatic heterocycles. The number of aryl methyl sites for hydroxylation is 3. The number of rotatable bonds is 23. The van der Waals surface area contributed by atoms with Crippen LogP contribution in [0.5, 0.6) is 23.0 Å². The number of aliphatic carboxylic acids is 1. The van der Waals surface area contributed by atoms with Gasteiger partial charge in [-0.05, 0) is 251 Å². The fraction of sp³-hybridized carbons (Fsp3) is 0.283. The van der Waals surface area contributed by atoms with E-state index in [1.54, 1.807) is 85.1 Å². The Morgan fingerprint density at radius 1 is 0.380 bits per heavy atom. The molecule has 1 N–H and O–H groups in total. The van der Waals surface area contributed by atoms with Gasteiger partial charge in [0.15, 0.2) is 53.0 Å². The monoisotopic (exact) mass is 1760 g/mol. The third-order valence-electron chi connectivity index (χ3n) is 18.5. The molecule has 0 unspecified atom stereocenters. The molecule has 0 bridgehead atoms. The minimum atomic E-state index is -1.19. The van der Waals surface area contributed by atoms with Gasteiger partial charge in [0.2, 0.25) is 5.28 Å². The van der Waals surface area contributed by atoms with Crippen molar-refractivity contribution >= 4 is 129 Å². The summed E-state index contributed by atoms with van der Waals surface area (Å²) < 4.78 is 54.0. The summed E-state index contributed by atoms with van der Waals surface area (Å²) in [5.41, 5.74) is 13.4. The number of thiazole rings is 3. The van der Waals surface area contributed by atoms with Crippen LogP contribution in [0.4, 0.5) is 0 Å². The lowest BCUT2D eigenvalue weighted by Crippen LogP contribution is -2.29. The number of esters is 2. The van der Waals surface area contributed by atoms with Gasteiger partial charge in [-0.3, -0.25) is 0 Å². The summed E-state index contributed by atoms with van der Waals surface area (Å²) in [4.78, 5) is 80.9. The molecule has 29 heteroatoms. The predicted octanol–water partition coefficient (Wildman–Crippen LogP) is 23.9. The minimum Gasteiger partial charge on any atom is -0.493 e. The molecule has 0 aliphatic heterocycles. The predicted molar refractivity (Wildman–Crippen MR) is 481 cm³/mol. The molecule has 14 rings (SSSR count). The van der Waals surface area contributed by atoms with E-state index in [0.717, 1.165) is 103 Å². The van der Waals surface area contributed by atoms with Crippen molar-refractivity contribution in [3.63, 3.8) is 0 Å². The van der Waals surface area contributed by atoms with Crippen molar-refractivity contribution in [2.45, 2.75) is 132 Å². The smallest absolute Gasteiger partial charge is 0.339 e. The Hall–Kier alpha value is -10.7. The van der Waals surface area contributed by atoms with E-state index in [1.807, 2.05) is 204 Å². The number of carbonyl (C=O) groups is 3. The van der Waals surface area contributed by atoms with Crippen LogP contribution in [0.2, 0.25) is 20.4 Å². The highest BCUT2D eigenvalue weighted by Gasteiger charge is 2.38. The fourth-order valence-corrected chi connectivity index (χ4v) is 17.3. The first-order valence-electron chi connectivity index (χ1n) is 38.4. The number of carboxylic acid groups (broad SMARTS) is 1. The Bertz CT molecular complexity index is 6150. The summed E-state index contributed by atoms with van der Waals surface area (Å²) in [6, 6.07) is 44.7. The van der Waals surface area contributed by atoms with E-state index >= 15 is 0 Å². The standard InChI is InChI=1S/C34H34ClN3O5S.C32H30ClN3O5S.C26H25Cl2N3O3S/c1-8-42-33(39)29(43-34(3,4)5)27-19(2)17-24-30(28(27)20-9-12-22(35)13-10-20)44-32(38-24)23-15-16-36-31(37-23)21-11-14-25(40-6)26(18-21)41-7;1-17-15-22-28(26(18-7-10-20(33)11-8-18)25(17)27(31(37)38)41-32(2,3)4)42-30(36-22)21-13-14-34-29(35-21)19-9-12-23(39-5)24(16-19)40-6;1-6-33-24(32)21(34-26(3,4)5)19-14(2)13-18-22(20(19)15-7-9-16(27)10-8-15)35-23(30-18)17-11-12-29-25(28)31-17/h9-18,29H,8H2,1-7H3;7-16,27H,1-6H3,(H,37,38);7-13,21H,6H2,1-5H3/t29-;27-;21-/m000/s1. The van der Waals surface area contributed by atoms with E-state index in [9.17, 15) is 19.5 Å². The highest BCUT2D eigenvalue weighted by Crippen LogP contribution is 2.49. The molecule has 3 atom stereocenters. The van der Waals surface area contributed by atoms with Gasteiger partial charge < -0.3 is 47.7 Å². The average Bonchev–Trinajstić information content (AvgIpc) is 1.66. The molecule has 0 saturated heterocycles. The van der Waals surface area contributed by atoms with Crippen molar-refractivity contribution in [3.05, 3.63) is 218 Å². The van der Waals surface area contributed by atoms with Crippen LogP contribution in [0.1, 0.15) is 128 Å². The maximum absolute atomic E-state index is 13.4. The number of hydrogen-bond acceptors (Lipinski definition) is 24. The van der Waals surface area contributed by atoms with E-state index in [4.69, 9.17) is 114 Å². The molecule has 0 aliphatic carbocycles. The lowest BCUT2D eigenvalue weighted by molar-refractivity contribution is -0.167. The maximum atomic E-state index is 13.4. The highest BCUT2D eigenvalue weighted by molar-refractivity contribution is 7.23. The Balaban J connectivity index is 0.000000167. The van der Waals surface area contributed by atoms with Crippen LogP contribution < -0.4 is 18.9 Å². The number of carbonyl (C=O) groups excluding carboxylic acids is 2. The Morgan fingerprint density at radius 3 is 0.975 bits per heavy atom. The van der Waals surface area contributed by atoms with Crippen LogP contribution in [0, 0.1) is 20.8 Å². The van der Waals surface area contributed by atoms with Crippen LogP contribution in [0.3, 0.4) is 0 Å². The zero-order valence-corrected chi connectivity index (χ0v) is 75.3. The number of methoxy groups -OCH3 is 4. The number of ether oxygens (including phenoxy) is 9. The highest BCUT2D eigenvalue weighted by atomic mass is 35.5. The van der Waals surface area contributed by atoms with Crippen LogP contribution in [-0.4, -0.2) is 126 Å². The van der Waals surface area contributed by atoms with Gasteiger partial charge in [0, 0.05) is 78.2 Å². The first-order valence-corrected chi connectivity index (χ1v) is 42.3. The Kier molecular flexibility index (Phi) is 28.3. The summed E-state index contributed by atoms with van der Waals surface area (Å²) in [6.07, 6.45) is 1.93. The molecule has 14 aromatic rings. The van der Waals surface area contributed by atoms with Crippen molar-refractivity contribution in [1.82, 2.24) is 44.9 Å². The molecule has 0 saturated carbocycles. The number of hydrogen-bond donors (Lipinski definition) is 1. The lowest BCUT2D eigenvalue weighted by atomic mass is 9.91. The van der Waals surface area contributed by atoms with Gasteiger partial charge in [-0.1, -0.05) is 71.2 Å². The van der Waals surface area contributed by atoms with E-state index in [0.29, 0.717) is 87.4 Å². The summed E-state index contributed by atoms with van der Waals surface area (Å²) in [7, 11) is 6.35. The second kappa shape index (κ2) is 38.2. The van der Waals surface area contributed by atoms with Crippen LogP contribution in [0.25, 0.3) is 119 Å². The zero-order chi connectivity index (χ0) is 87.1. The first-order chi connectivity index (χ1) is 57.6. The number of aromatic nitrogens is 9. The molecule has 0 amide bonds. The maximum Gasteiger partial charge on any atom is 0.339 e. The van der Waals surface area contributed by atoms with Crippen molar-refractivity contribution in [2.75, 3.05) is 41.7 Å². The van der Waals surface area contributed by atoms with Gasteiger partial charge in [-0.25, -0.2) is 59.2 Å². The van der Waals surface area contributed by atoms with Crippen LogP contribution in [-0.2, 0) is 38.1 Å². The largest absolute Gasteiger partial charge is 0.493 e. The Morgan fingerprint density at radius 2 is 0.678 bits per heavy atom. The summed E-state index contributed by atoms with van der Waals surface area (Å²) in [5, 5.41) is 14.3. The molecule has 0 fully saturated rings. The molecule has 0 radical (unpaired) electrons. The van der Waals surface area contributed by atoms with E-state index in [2.05, 4.69) is 19.9 Å². The van der Waals surface area contributed by atoms with Gasteiger partial charge in [0.25, 0.3) is 0 Å². The molecule has 8 aromatic carbocycles. The van der Waals surface area contributed by atoms with Crippen molar-refractivity contribution in [1.29, 1.82) is 0 Å². The number of benzene rings is 8. The van der Waals surface area contributed by atoms with Crippen molar-refractivity contribution in [2.24, 2.45) is 0 Å².